The van der Waals surface area contributed by atoms with Crippen LogP contribution in [0.5, 0.6) is 0 Å². The zero-order valence-corrected chi connectivity index (χ0v) is 17.7. The summed E-state index contributed by atoms with van der Waals surface area (Å²) in [5.74, 6) is 1.63. The minimum atomic E-state index is 0.691. The number of rotatable bonds is 6. The summed E-state index contributed by atoms with van der Waals surface area (Å²) >= 11 is 9.44. The lowest BCUT2D eigenvalue weighted by molar-refractivity contribution is 0.850. The van der Waals surface area contributed by atoms with E-state index in [1.165, 1.54) is 4.88 Å². The molecular formula is C21H16ClN5S2. The predicted molar refractivity (Wildman–Crippen MR) is 118 cm³/mol. The third-order valence-electron chi connectivity index (χ3n) is 4.44. The van der Waals surface area contributed by atoms with Gasteiger partial charge in [-0.05, 0) is 35.7 Å². The highest BCUT2D eigenvalue weighted by atomic mass is 35.5. The van der Waals surface area contributed by atoms with E-state index in [0.717, 1.165) is 34.4 Å². The highest BCUT2D eigenvalue weighted by Gasteiger charge is 2.16. The van der Waals surface area contributed by atoms with Gasteiger partial charge in [0.15, 0.2) is 5.16 Å². The molecule has 0 aliphatic carbocycles. The molecule has 5 aromatic rings. The van der Waals surface area contributed by atoms with Crippen LogP contribution in [-0.2, 0) is 12.2 Å². The smallest absolute Gasteiger partial charge is 0.196 e. The first-order chi connectivity index (χ1) is 14.3. The van der Waals surface area contributed by atoms with Crippen molar-refractivity contribution in [2.45, 2.75) is 17.3 Å². The first-order valence-corrected chi connectivity index (χ1v) is 11.3. The molecule has 0 amide bonds. The van der Waals surface area contributed by atoms with Crippen LogP contribution in [0.1, 0.15) is 16.4 Å². The van der Waals surface area contributed by atoms with Gasteiger partial charge in [0.2, 0.25) is 0 Å². The molecule has 0 aliphatic rings. The lowest BCUT2D eigenvalue weighted by atomic mass is 10.3. The Morgan fingerprint density at radius 1 is 0.966 bits per heavy atom. The second-order valence-electron chi connectivity index (χ2n) is 6.46. The quantitative estimate of drug-likeness (QED) is 0.328. The van der Waals surface area contributed by atoms with Crippen molar-refractivity contribution in [1.29, 1.82) is 0 Å². The van der Waals surface area contributed by atoms with Crippen molar-refractivity contribution in [3.63, 3.8) is 0 Å². The van der Waals surface area contributed by atoms with E-state index in [0.29, 0.717) is 10.8 Å². The Bertz CT molecular complexity index is 1250. The molecule has 0 bridgehead atoms. The summed E-state index contributed by atoms with van der Waals surface area (Å²) in [6.07, 6.45) is 4.63. The number of pyridine rings is 1. The Kier molecular flexibility index (Phi) is 5.10. The molecule has 144 valence electrons. The maximum absolute atomic E-state index is 6.08. The van der Waals surface area contributed by atoms with Crippen LogP contribution in [0.15, 0.2) is 77.5 Å². The molecule has 8 heteroatoms. The van der Waals surface area contributed by atoms with Crippen molar-refractivity contribution in [3.05, 3.63) is 93.8 Å². The van der Waals surface area contributed by atoms with Crippen LogP contribution >= 0.6 is 34.7 Å². The van der Waals surface area contributed by atoms with Gasteiger partial charge in [0.05, 0.1) is 10.7 Å². The lowest BCUT2D eigenvalue weighted by Crippen LogP contribution is -2.03. The molecule has 0 unspecified atom stereocenters. The highest BCUT2D eigenvalue weighted by Crippen LogP contribution is 2.27. The van der Waals surface area contributed by atoms with Crippen LogP contribution in [-0.4, -0.2) is 24.1 Å². The molecule has 0 spiro atoms. The fourth-order valence-corrected chi connectivity index (χ4v) is 4.86. The number of thiophene rings is 1. The molecule has 0 saturated heterocycles. The first-order valence-electron chi connectivity index (χ1n) is 9.04. The summed E-state index contributed by atoms with van der Waals surface area (Å²) < 4.78 is 4.08. The number of hydrogen-bond acceptors (Lipinski definition) is 5. The molecular weight excluding hydrogens is 422 g/mol. The first kappa shape index (κ1) is 18.4. The van der Waals surface area contributed by atoms with Crippen LogP contribution in [0.3, 0.4) is 0 Å². The van der Waals surface area contributed by atoms with Crippen molar-refractivity contribution >= 4 is 40.3 Å². The van der Waals surface area contributed by atoms with Crippen molar-refractivity contribution in [1.82, 2.24) is 24.1 Å². The zero-order valence-electron chi connectivity index (χ0n) is 15.3. The van der Waals surface area contributed by atoms with Crippen LogP contribution < -0.4 is 0 Å². The standard InChI is InChI=1S/C21H16ClN5S2/c22-15-8-9-19-23-16(13-26(19)12-15)14-29-21-25-24-20(11-18-7-4-10-28-18)27(21)17-5-2-1-3-6-17/h1-10,12-13H,11,14H2. The molecule has 4 aromatic heterocycles. The lowest BCUT2D eigenvalue weighted by Gasteiger charge is -2.09. The Morgan fingerprint density at radius 3 is 2.69 bits per heavy atom. The molecule has 5 nitrogen and oxygen atoms in total. The van der Waals surface area contributed by atoms with Gasteiger partial charge in [0.1, 0.15) is 11.5 Å². The molecule has 29 heavy (non-hydrogen) atoms. The van der Waals surface area contributed by atoms with Gasteiger partial charge < -0.3 is 4.40 Å². The second kappa shape index (κ2) is 8.02. The Morgan fingerprint density at radius 2 is 1.86 bits per heavy atom. The highest BCUT2D eigenvalue weighted by molar-refractivity contribution is 7.98. The normalized spacial score (nSPS) is 11.3. The summed E-state index contributed by atoms with van der Waals surface area (Å²) in [4.78, 5) is 5.93. The van der Waals surface area contributed by atoms with Gasteiger partial charge >= 0.3 is 0 Å². The van der Waals surface area contributed by atoms with E-state index in [2.05, 4.69) is 49.4 Å². The average molecular weight is 438 g/mol. The number of aromatic nitrogens is 5. The largest absolute Gasteiger partial charge is 0.305 e. The maximum atomic E-state index is 6.08. The summed E-state index contributed by atoms with van der Waals surface area (Å²) in [5, 5.41) is 12.6. The van der Waals surface area contributed by atoms with Gasteiger partial charge in [0.25, 0.3) is 0 Å². The maximum Gasteiger partial charge on any atom is 0.196 e. The van der Waals surface area contributed by atoms with Gasteiger partial charge in [-0.1, -0.05) is 47.6 Å². The van der Waals surface area contributed by atoms with Crippen LogP contribution in [0, 0.1) is 0 Å². The SMILES string of the molecule is Clc1ccc2nc(CSc3nnc(Cc4cccs4)n3-c3ccccc3)cn2c1. The second-order valence-corrected chi connectivity index (χ2v) is 8.87. The van der Waals surface area contributed by atoms with Crippen LogP contribution in [0.2, 0.25) is 5.02 Å². The number of halogens is 1. The predicted octanol–water partition coefficient (Wildman–Crippen LogP) is 5.51. The number of hydrogen-bond donors (Lipinski definition) is 0. The average Bonchev–Trinajstić information content (AvgIpc) is 3.47. The summed E-state index contributed by atoms with van der Waals surface area (Å²) in [5.41, 5.74) is 2.92. The van der Waals surface area contributed by atoms with E-state index in [1.54, 1.807) is 23.1 Å². The fourth-order valence-electron chi connectivity index (χ4n) is 3.14. The third-order valence-corrected chi connectivity index (χ3v) is 6.50. The number of imidazole rings is 1. The topological polar surface area (TPSA) is 48.0 Å². The zero-order chi connectivity index (χ0) is 19.6. The van der Waals surface area contributed by atoms with Gasteiger partial charge in [-0.2, -0.15) is 0 Å². The number of thioether (sulfide) groups is 1. The van der Waals surface area contributed by atoms with Gasteiger partial charge in [-0.3, -0.25) is 4.57 Å². The molecule has 0 fully saturated rings. The van der Waals surface area contributed by atoms with Crippen LogP contribution in [0.25, 0.3) is 11.3 Å². The molecule has 0 N–H and O–H groups in total. The van der Waals surface area contributed by atoms with E-state index in [1.807, 2.05) is 47.1 Å². The summed E-state index contributed by atoms with van der Waals surface area (Å²) in [6.45, 7) is 0. The minimum Gasteiger partial charge on any atom is -0.305 e. The van der Waals surface area contributed by atoms with Gasteiger partial charge in [-0.15, -0.1) is 21.5 Å². The van der Waals surface area contributed by atoms with Crippen molar-refractivity contribution in [2.75, 3.05) is 0 Å². The summed E-state index contributed by atoms with van der Waals surface area (Å²) in [6, 6.07) is 18.2. The Labute approximate surface area is 181 Å². The number of benzene rings is 1. The van der Waals surface area contributed by atoms with Crippen LogP contribution in [0.4, 0.5) is 0 Å². The van der Waals surface area contributed by atoms with Crippen molar-refractivity contribution in [3.8, 4) is 5.69 Å². The number of para-hydroxylation sites is 1. The molecule has 0 radical (unpaired) electrons. The van der Waals surface area contributed by atoms with E-state index in [-0.39, 0.29) is 0 Å². The Hall–Kier alpha value is -2.61. The van der Waals surface area contributed by atoms with Crippen molar-refractivity contribution < 1.29 is 0 Å². The van der Waals surface area contributed by atoms with E-state index in [9.17, 15) is 0 Å². The molecule has 0 aliphatic heterocycles. The van der Waals surface area contributed by atoms with Gasteiger partial charge in [-0.25, -0.2) is 4.98 Å². The summed E-state index contributed by atoms with van der Waals surface area (Å²) in [7, 11) is 0. The van der Waals surface area contributed by atoms with Gasteiger partial charge in [0, 0.05) is 35.1 Å². The van der Waals surface area contributed by atoms with E-state index < -0.39 is 0 Å². The third kappa shape index (κ3) is 3.94. The minimum absolute atomic E-state index is 0.691. The molecule has 5 rings (SSSR count). The molecule has 1 aromatic carbocycles. The van der Waals surface area contributed by atoms with E-state index >= 15 is 0 Å². The Balaban J connectivity index is 1.45. The molecule has 0 saturated carbocycles. The van der Waals surface area contributed by atoms with E-state index in [4.69, 9.17) is 11.6 Å². The van der Waals surface area contributed by atoms with Crippen molar-refractivity contribution in [2.24, 2.45) is 0 Å². The molecule has 0 atom stereocenters. The fraction of sp³-hybridized carbons (Fsp3) is 0.0952. The monoisotopic (exact) mass is 437 g/mol. The molecule has 4 heterocycles. The number of fused-ring (bicyclic) bond motifs is 1. The number of nitrogens with zero attached hydrogens (tertiary/aromatic N) is 5.